The van der Waals surface area contributed by atoms with Gasteiger partial charge in [0.2, 0.25) is 0 Å². The molecule has 0 aliphatic carbocycles. The van der Waals surface area contributed by atoms with E-state index in [2.05, 4.69) is 15.5 Å². The fourth-order valence-corrected chi connectivity index (χ4v) is 1.04. The van der Waals surface area contributed by atoms with Crippen LogP contribution in [0, 0.1) is 0 Å². The summed E-state index contributed by atoms with van der Waals surface area (Å²) in [5.74, 6) is 0.167. The van der Waals surface area contributed by atoms with E-state index in [1.54, 1.807) is 12.4 Å². The normalized spacial score (nSPS) is 13.9. The number of aromatic nitrogens is 1. The Morgan fingerprint density at radius 3 is 3.14 bits per heavy atom. The number of oxime groups is 1. The molecule has 5 heteroatoms. The summed E-state index contributed by atoms with van der Waals surface area (Å²) in [5.41, 5.74) is 6.39. The number of rotatable bonds is 4. The third kappa shape index (κ3) is 3.02. The van der Waals surface area contributed by atoms with E-state index in [1.165, 1.54) is 0 Å². The predicted octanol–water partition coefficient (Wildman–Crippen LogP) is 0.479. The van der Waals surface area contributed by atoms with E-state index >= 15 is 0 Å². The van der Waals surface area contributed by atoms with Gasteiger partial charge in [0, 0.05) is 18.4 Å². The number of nitrogens with zero attached hydrogens (tertiary/aromatic N) is 2. The fourth-order valence-electron chi connectivity index (χ4n) is 1.04. The average Bonchev–Trinajstić information content (AvgIpc) is 2.26. The summed E-state index contributed by atoms with van der Waals surface area (Å²) in [6, 6.07) is 3.97. The summed E-state index contributed by atoms with van der Waals surface area (Å²) in [4.78, 5) is 4.00. The molecule has 0 saturated carbocycles. The lowest BCUT2D eigenvalue weighted by molar-refractivity contribution is 0.316. The van der Waals surface area contributed by atoms with E-state index < -0.39 is 0 Å². The smallest absolute Gasteiger partial charge is 0.153 e. The summed E-state index contributed by atoms with van der Waals surface area (Å²) < 4.78 is 0. The van der Waals surface area contributed by atoms with Crippen molar-refractivity contribution in [3.63, 3.8) is 0 Å². The maximum Gasteiger partial charge on any atom is 0.153 e. The second kappa shape index (κ2) is 5.18. The topological polar surface area (TPSA) is 83.5 Å². The molecule has 0 fully saturated rings. The van der Waals surface area contributed by atoms with Crippen molar-refractivity contribution in [1.29, 1.82) is 0 Å². The Morgan fingerprint density at radius 1 is 1.79 bits per heavy atom. The summed E-state index contributed by atoms with van der Waals surface area (Å²) >= 11 is 0. The molecule has 0 radical (unpaired) electrons. The third-order valence-corrected chi connectivity index (χ3v) is 1.90. The largest absolute Gasteiger partial charge is 0.409 e. The quantitative estimate of drug-likeness (QED) is 0.282. The standard InChI is InChI=1S/C9H14N4O/c1-7(12-6-9(10)13-14)8-3-2-4-11-5-8/h2-5,7,12,14H,6H2,1H3,(H2,10,13). The number of nitrogens with one attached hydrogen (secondary N) is 1. The van der Waals surface area contributed by atoms with E-state index in [4.69, 9.17) is 10.9 Å². The monoisotopic (exact) mass is 194 g/mol. The van der Waals surface area contributed by atoms with Crippen LogP contribution in [0.2, 0.25) is 0 Å². The van der Waals surface area contributed by atoms with Crippen LogP contribution in [0.4, 0.5) is 0 Å². The van der Waals surface area contributed by atoms with E-state index in [0.717, 1.165) is 5.56 Å². The van der Waals surface area contributed by atoms with Crippen LogP contribution in [0.25, 0.3) is 0 Å². The maximum absolute atomic E-state index is 8.33. The van der Waals surface area contributed by atoms with Gasteiger partial charge in [-0.05, 0) is 18.6 Å². The van der Waals surface area contributed by atoms with Crippen molar-refractivity contribution < 1.29 is 5.21 Å². The molecule has 76 valence electrons. The van der Waals surface area contributed by atoms with Crippen molar-refractivity contribution >= 4 is 5.84 Å². The molecule has 4 N–H and O–H groups in total. The minimum atomic E-state index is 0.129. The van der Waals surface area contributed by atoms with E-state index in [-0.39, 0.29) is 11.9 Å². The molecule has 1 atom stereocenters. The minimum absolute atomic E-state index is 0.129. The Balaban J connectivity index is 2.47. The van der Waals surface area contributed by atoms with Crippen LogP contribution in [0.1, 0.15) is 18.5 Å². The number of hydrogen-bond donors (Lipinski definition) is 3. The number of nitrogens with two attached hydrogens (primary N) is 1. The summed E-state index contributed by atoms with van der Waals surface area (Å²) in [5, 5.41) is 14.3. The van der Waals surface area contributed by atoms with Gasteiger partial charge in [0.25, 0.3) is 0 Å². The van der Waals surface area contributed by atoms with E-state index in [9.17, 15) is 0 Å². The molecule has 0 aliphatic rings. The fraction of sp³-hybridized carbons (Fsp3) is 0.333. The minimum Gasteiger partial charge on any atom is -0.409 e. The second-order valence-corrected chi connectivity index (χ2v) is 2.98. The molecule has 0 aliphatic heterocycles. The molecule has 0 aromatic carbocycles. The van der Waals surface area contributed by atoms with E-state index in [1.807, 2.05) is 19.1 Å². The highest BCUT2D eigenvalue weighted by molar-refractivity contribution is 5.81. The van der Waals surface area contributed by atoms with Crippen LogP contribution < -0.4 is 11.1 Å². The highest BCUT2D eigenvalue weighted by Crippen LogP contribution is 2.08. The lowest BCUT2D eigenvalue weighted by atomic mass is 10.1. The van der Waals surface area contributed by atoms with Gasteiger partial charge >= 0.3 is 0 Å². The highest BCUT2D eigenvalue weighted by atomic mass is 16.4. The van der Waals surface area contributed by atoms with Gasteiger partial charge < -0.3 is 16.3 Å². The predicted molar refractivity (Wildman–Crippen MR) is 54.1 cm³/mol. The van der Waals surface area contributed by atoms with Crippen molar-refractivity contribution in [2.24, 2.45) is 10.9 Å². The van der Waals surface area contributed by atoms with Crippen molar-refractivity contribution in [1.82, 2.24) is 10.3 Å². The molecule has 1 unspecified atom stereocenters. The summed E-state index contributed by atoms with van der Waals surface area (Å²) in [7, 11) is 0. The third-order valence-electron chi connectivity index (χ3n) is 1.90. The first kappa shape index (κ1) is 10.5. The SMILES string of the molecule is CC(NCC(N)=NO)c1cccnc1. The molecule has 0 spiro atoms. The molecule has 1 rings (SSSR count). The zero-order chi connectivity index (χ0) is 10.4. The van der Waals surface area contributed by atoms with Gasteiger partial charge in [0.05, 0.1) is 6.54 Å². The Morgan fingerprint density at radius 2 is 2.57 bits per heavy atom. The van der Waals surface area contributed by atoms with Crippen LogP contribution in [0.15, 0.2) is 29.7 Å². The zero-order valence-electron chi connectivity index (χ0n) is 8.01. The van der Waals surface area contributed by atoms with Crippen LogP contribution in [-0.2, 0) is 0 Å². The first-order valence-electron chi connectivity index (χ1n) is 4.33. The van der Waals surface area contributed by atoms with Gasteiger partial charge in [-0.15, -0.1) is 0 Å². The van der Waals surface area contributed by atoms with Gasteiger partial charge in [-0.3, -0.25) is 4.98 Å². The molecule has 1 aromatic heterocycles. The summed E-state index contributed by atoms with van der Waals surface area (Å²) in [6.07, 6.45) is 3.50. The Kier molecular flexibility index (Phi) is 3.87. The van der Waals surface area contributed by atoms with Crippen LogP contribution in [0.5, 0.6) is 0 Å². The van der Waals surface area contributed by atoms with Crippen LogP contribution >= 0.6 is 0 Å². The number of pyridine rings is 1. The highest BCUT2D eigenvalue weighted by Gasteiger charge is 2.04. The molecule has 14 heavy (non-hydrogen) atoms. The second-order valence-electron chi connectivity index (χ2n) is 2.98. The van der Waals surface area contributed by atoms with Gasteiger partial charge in [-0.2, -0.15) is 0 Å². The van der Waals surface area contributed by atoms with Gasteiger partial charge in [-0.25, -0.2) is 0 Å². The lowest BCUT2D eigenvalue weighted by Crippen LogP contribution is -2.30. The Bertz CT molecular complexity index is 299. The maximum atomic E-state index is 8.33. The molecular formula is C9H14N4O. The molecule has 5 nitrogen and oxygen atoms in total. The molecule has 0 amide bonds. The van der Waals surface area contributed by atoms with Gasteiger partial charge in [-0.1, -0.05) is 11.2 Å². The van der Waals surface area contributed by atoms with Crippen molar-refractivity contribution in [2.45, 2.75) is 13.0 Å². The van der Waals surface area contributed by atoms with Gasteiger partial charge in [0.15, 0.2) is 5.84 Å². The van der Waals surface area contributed by atoms with Crippen LogP contribution in [0.3, 0.4) is 0 Å². The first-order valence-corrected chi connectivity index (χ1v) is 4.33. The first-order chi connectivity index (χ1) is 6.74. The molecular weight excluding hydrogens is 180 g/mol. The Hall–Kier alpha value is -1.62. The van der Waals surface area contributed by atoms with Crippen molar-refractivity contribution in [3.8, 4) is 0 Å². The van der Waals surface area contributed by atoms with Crippen molar-refractivity contribution in [3.05, 3.63) is 30.1 Å². The lowest BCUT2D eigenvalue weighted by Gasteiger charge is -2.12. The van der Waals surface area contributed by atoms with Crippen molar-refractivity contribution in [2.75, 3.05) is 6.54 Å². The molecule has 1 heterocycles. The zero-order valence-corrected chi connectivity index (χ0v) is 8.01. The summed E-state index contributed by atoms with van der Waals surface area (Å²) in [6.45, 7) is 2.34. The van der Waals surface area contributed by atoms with Crippen LogP contribution in [-0.4, -0.2) is 22.6 Å². The number of hydrogen-bond acceptors (Lipinski definition) is 4. The van der Waals surface area contributed by atoms with E-state index in [0.29, 0.717) is 6.54 Å². The molecule has 0 bridgehead atoms. The number of amidine groups is 1. The average molecular weight is 194 g/mol. The van der Waals surface area contributed by atoms with Gasteiger partial charge in [0.1, 0.15) is 0 Å². The molecule has 1 aromatic rings. The Labute approximate surface area is 82.6 Å². The molecule has 0 saturated heterocycles.